The molecule has 0 spiro atoms. The Kier molecular flexibility index (Phi) is 3.17. The number of nitrogens with one attached hydrogen (secondary N) is 1. The van der Waals surface area contributed by atoms with E-state index in [2.05, 4.69) is 27.3 Å². The van der Waals surface area contributed by atoms with Gasteiger partial charge in [-0.05, 0) is 6.42 Å². The molecule has 0 aliphatic carbocycles. The van der Waals surface area contributed by atoms with Crippen LogP contribution in [0, 0.1) is 0 Å². The quantitative estimate of drug-likeness (QED) is 0.787. The van der Waals surface area contributed by atoms with Crippen LogP contribution in [-0.4, -0.2) is 37.2 Å². The first-order valence-electron chi connectivity index (χ1n) is 5.36. The van der Waals surface area contributed by atoms with Crippen LogP contribution in [0.25, 0.3) is 5.78 Å². The van der Waals surface area contributed by atoms with Crippen LogP contribution >= 0.6 is 0 Å². The summed E-state index contributed by atoms with van der Waals surface area (Å²) in [5.41, 5.74) is 0.876. The second kappa shape index (κ2) is 4.77. The smallest absolute Gasteiger partial charge is 0.322 e. The predicted octanol–water partition coefficient (Wildman–Crippen LogP) is 0.573. The summed E-state index contributed by atoms with van der Waals surface area (Å²) in [6.45, 7) is 1.89. The Hall–Kier alpha value is -2.18. The van der Waals surface area contributed by atoms with Crippen LogP contribution in [0.3, 0.4) is 0 Å². The van der Waals surface area contributed by atoms with E-state index >= 15 is 0 Å². The van der Waals surface area contributed by atoms with Crippen LogP contribution in [0.15, 0.2) is 12.4 Å². The van der Waals surface area contributed by atoms with Crippen molar-refractivity contribution in [2.75, 3.05) is 11.9 Å². The van der Waals surface area contributed by atoms with Crippen molar-refractivity contribution in [1.29, 1.82) is 0 Å². The number of hydrogen-bond donors (Lipinski definition) is 2. The predicted molar refractivity (Wildman–Crippen MR) is 60.9 cm³/mol. The number of carboxylic acids is 1. The SMILES string of the molecule is CCCc1cc(NCC(=O)O)n2ncnc2n1. The number of rotatable bonds is 5. The molecule has 0 unspecified atom stereocenters. The molecule has 2 N–H and O–H groups in total. The lowest BCUT2D eigenvalue weighted by molar-refractivity contribution is -0.134. The molecule has 0 amide bonds. The highest BCUT2D eigenvalue weighted by atomic mass is 16.4. The maximum atomic E-state index is 10.5. The topological polar surface area (TPSA) is 92.4 Å². The molecule has 0 bridgehead atoms. The zero-order chi connectivity index (χ0) is 12.3. The highest BCUT2D eigenvalue weighted by Crippen LogP contribution is 2.11. The Morgan fingerprint density at radius 1 is 1.59 bits per heavy atom. The summed E-state index contributed by atoms with van der Waals surface area (Å²) >= 11 is 0. The lowest BCUT2D eigenvalue weighted by Crippen LogP contribution is -2.15. The molecule has 2 heterocycles. The summed E-state index contributed by atoms with van der Waals surface area (Å²) in [7, 11) is 0. The number of carbonyl (C=O) groups is 1. The summed E-state index contributed by atoms with van der Waals surface area (Å²) in [5, 5.41) is 15.4. The molecule has 0 aliphatic rings. The third-order valence-corrected chi connectivity index (χ3v) is 2.23. The van der Waals surface area contributed by atoms with Crippen LogP contribution in [0.5, 0.6) is 0 Å². The van der Waals surface area contributed by atoms with Gasteiger partial charge in [-0.25, -0.2) is 4.98 Å². The number of aromatic nitrogens is 4. The Bertz CT molecular complexity index is 536. The molecule has 0 radical (unpaired) electrons. The maximum Gasteiger partial charge on any atom is 0.322 e. The molecule has 0 saturated carbocycles. The van der Waals surface area contributed by atoms with E-state index in [4.69, 9.17) is 5.11 Å². The van der Waals surface area contributed by atoms with Crippen LogP contribution < -0.4 is 5.32 Å². The average molecular weight is 235 g/mol. The fourth-order valence-corrected chi connectivity index (χ4v) is 1.54. The number of hydrogen-bond acceptors (Lipinski definition) is 5. The van der Waals surface area contributed by atoms with Crippen LogP contribution in [0.4, 0.5) is 5.82 Å². The third kappa shape index (κ3) is 2.49. The van der Waals surface area contributed by atoms with E-state index in [0.717, 1.165) is 18.5 Å². The van der Waals surface area contributed by atoms with Crippen molar-refractivity contribution < 1.29 is 9.90 Å². The van der Waals surface area contributed by atoms with Gasteiger partial charge in [-0.3, -0.25) is 4.79 Å². The molecule has 2 rings (SSSR count). The van der Waals surface area contributed by atoms with Gasteiger partial charge < -0.3 is 10.4 Å². The highest BCUT2D eigenvalue weighted by Gasteiger charge is 2.07. The van der Waals surface area contributed by atoms with E-state index in [1.165, 1.54) is 10.8 Å². The molecule has 7 nitrogen and oxygen atoms in total. The normalized spacial score (nSPS) is 10.6. The van der Waals surface area contributed by atoms with Gasteiger partial charge in [0.25, 0.3) is 5.78 Å². The van der Waals surface area contributed by atoms with Crippen LogP contribution in [0.1, 0.15) is 19.0 Å². The lowest BCUT2D eigenvalue weighted by atomic mass is 10.2. The van der Waals surface area contributed by atoms with Crippen LogP contribution in [0.2, 0.25) is 0 Å². The van der Waals surface area contributed by atoms with E-state index in [-0.39, 0.29) is 6.54 Å². The fraction of sp³-hybridized carbons (Fsp3) is 0.400. The molecular weight excluding hydrogens is 222 g/mol. The summed E-state index contributed by atoms with van der Waals surface area (Å²) in [6.07, 6.45) is 3.19. The lowest BCUT2D eigenvalue weighted by Gasteiger charge is -2.07. The van der Waals surface area contributed by atoms with Gasteiger partial charge in [-0.1, -0.05) is 13.3 Å². The number of aliphatic carboxylic acids is 1. The zero-order valence-corrected chi connectivity index (χ0v) is 9.42. The fourth-order valence-electron chi connectivity index (χ4n) is 1.54. The van der Waals surface area contributed by atoms with Gasteiger partial charge in [0, 0.05) is 11.8 Å². The first-order valence-corrected chi connectivity index (χ1v) is 5.36. The Morgan fingerprint density at radius 2 is 2.41 bits per heavy atom. The number of carboxylic acid groups (broad SMARTS) is 1. The second-order valence-electron chi connectivity index (χ2n) is 3.60. The molecule has 2 aromatic heterocycles. The summed E-state index contributed by atoms with van der Waals surface area (Å²) in [5.74, 6) is 0.148. The van der Waals surface area contributed by atoms with E-state index < -0.39 is 5.97 Å². The molecule has 2 aromatic rings. The molecule has 17 heavy (non-hydrogen) atoms. The Balaban J connectivity index is 2.36. The maximum absolute atomic E-state index is 10.5. The molecule has 0 aliphatic heterocycles. The first-order chi connectivity index (χ1) is 8.20. The van der Waals surface area contributed by atoms with Crippen molar-refractivity contribution in [2.45, 2.75) is 19.8 Å². The molecule has 90 valence electrons. The van der Waals surface area contributed by atoms with Crippen molar-refractivity contribution in [3.8, 4) is 0 Å². The van der Waals surface area contributed by atoms with Crippen molar-refractivity contribution >= 4 is 17.6 Å². The molecule has 0 fully saturated rings. The minimum Gasteiger partial charge on any atom is -0.480 e. The number of anilines is 1. The van der Waals surface area contributed by atoms with Crippen molar-refractivity contribution in [1.82, 2.24) is 19.6 Å². The van der Waals surface area contributed by atoms with E-state index in [1.807, 2.05) is 0 Å². The highest BCUT2D eigenvalue weighted by molar-refractivity contribution is 5.72. The van der Waals surface area contributed by atoms with Crippen molar-refractivity contribution in [2.24, 2.45) is 0 Å². The molecule has 7 heteroatoms. The number of fused-ring (bicyclic) bond motifs is 1. The molecule has 0 atom stereocenters. The van der Waals surface area contributed by atoms with Crippen molar-refractivity contribution in [3.05, 3.63) is 18.1 Å². The van der Waals surface area contributed by atoms with E-state index in [1.54, 1.807) is 6.07 Å². The Morgan fingerprint density at radius 3 is 3.12 bits per heavy atom. The van der Waals surface area contributed by atoms with Gasteiger partial charge in [0.2, 0.25) is 0 Å². The average Bonchev–Trinajstić information content (AvgIpc) is 2.74. The van der Waals surface area contributed by atoms with Gasteiger partial charge in [0.15, 0.2) is 0 Å². The zero-order valence-electron chi connectivity index (χ0n) is 9.42. The summed E-state index contributed by atoms with van der Waals surface area (Å²) < 4.78 is 1.49. The summed E-state index contributed by atoms with van der Waals surface area (Å²) in [6, 6.07) is 1.80. The first kappa shape index (κ1) is 11.3. The van der Waals surface area contributed by atoms with E-state index in [0.29, 0.717) is 11.6 Å². The minimum atomic E-state index is -0.924. The van der Waals surface area contributed by atoms with Gasteiger partial charge in [0.1, 0.15) is 18.7 Å². The molecular formula is C10H13N5O2. The summed E-state index contributed by atoms with van der Waals surface area (Å²) in [4.78, 5) is 18.9. The van der Waals surface area contributed by atoms with Gasteiger partial charge in [-0.2, -0.15) is 14.6 Å². The Labute approximate surface area is 97.5 Å². The van der Waals surface area contributed by atoms with Crippen LogP contribution in [-0.2, 0) is 11.2 Å². The van der Waals surface area contributed by atoms with E-state index in [9.17, 15) is 4.79 Å². The monoisotopic (exact) mass is 235 g/mol. The standard InChI is InChI=1S/C10H13N5O2/c1-2-3-7-4-8(11-5-9(16)17)15-10(14-7)12-6-13-15/h4,6,11H,2-3,5H2,1H3,(H,16,17). The van der Waals surface area contributed by atoms with Gasteiger partial charge in [-0.15, -0.1) is 0 Å². The second-order valence-corrected chi connectivity index (χ2v) is 3.60. The van der Waals surface area contributed by atoms with Gasteiger partial charge >= 0.3 is 5.97 Å². The largest absolute Gasteiger partial charge is 0.480 e. The molecule has 0 saturated heterocycles. The van der Waals surface area contributed by atoms with Gasteiger partial charge in [0.05, 0.1) is 0 Å². The number of nitrogens with zero attached hydrogens (tertiary/aromatic N) is 4. The van der Waals surface area contributed by atoms with Crippen molar-refractivity contribution in [3.63, 3.8) is 0 Å². The minimum absolute atomic E-state index is 0.162. The molecule has 0 aromatic carbocycles. The number of aryl methyl sites for hydroxylation is 1. The third-order valence-electron chi connectivity index (χ3n) is 2.23.